The van der Waals surface area contributed by atoms with Crippen LogP contribution >= 0.6 is 0 Å². The number of piperidine rings is 1. The van der Waals surface area contributed by atoms with Crippen molar-refractivity contribution in [2.45, 2.75) is 58.5 Å². The molecule has 0 bridgehead atoms. The number of hydrogen-bond donors (Lipinski definition) is 2. The molecule has 132 valence electrons. The molecule has 0 spiro atoms. The summed E-state index contributed by atoms with van der Waals surface area (Å²) in [5.74, 6) is 1.91. The highest BCUT2D eigenvalue weighted by Gasteiger charge is 2.34. The molecule has 0 aliphatic carbocycles. The largest absolute Gasteiger partial charge is 0.388 e. The number of amides is 1. The van der Waals surface area contributed by atoms with Crippen LogP contribution in [0.3, 0.4) is 0 Å². The summed E-state index contributed by atoms with van der Waals surface area (Å²) in [4.78, 5) is 23.8. The first kappa shape index (κ1) is 17.1. The number of anilines is 1. The van der Waals surface area contributed by atoms with Crippen LogP contribution < -0.4 is 10.2 Å². The maximum Gasteiger partial charge on any atom is 0.270 e. The van der Waals surface area contributed by atoms with Gasteiger partial charge in [-0.1, -0.05) is 20.8 Å². The topological polar surface area (TPSA) is 78.3 Å². The molecule has 2 aliphatic rings. The van der Waals surface area contributed by atoms with Gasteiger partial charge < -0.3 is 15.3 Å². The summed E-state index contributed by atoms with van der Waals surface area (Å²) >= 11 is 0. The first-order valence-electron chi connectivity index (χ1n) is 9.07. The molecule has 2 N–H and O–H groups in total. The Kier molecular flexibility index (Phi) is 4.76. The smallest absolute Gasteiger partial charge is 0.270 e. The molecule has 1 unspecified atom stereocenters. The SMILES string of the molecule is CCC1(O)CCCN(c2nc(CC(C)C)nc3c2CCNC3=O)C1. The molecule has 1 aromatic rings. The van der Waals surface area contributed by atoms with Gasteiger partial charge in [0, 0.05) is 31.6 Å². The second kappa shape index (κ2) is 6.67. The lowest BCUT2D eigenvalue weighted by atomic mass is 9.90. The molecule has 1 saturated heterocycles. The molecule has 0 saturated carbocycles. The van der Waals surface area contributed by atoms with Gasteiger partial charge in [0.25, 0.3) is 5.91 Å². The summed E-state index contributed by atoms with van der Waals surface area (Å²) in [6.07, 6.45) is 4.00. The third-order valence-corrected chi connectivity index (χ3v) is 5.01. The quantitative estimate of drug-likeness (QED) is 0.877. The Morgan fingerprint density at radius 2 is 2.17 bits per heavy atom. The maximum absolute atomic E-state index is 12.3. The van der Waals surface area contributed by atoms with Crippen molar-refractivity contribution in [1.82, 2.24) is 15.3 Å². The number of hydrogen-bond acceptors (Lipinski definition) is 5. The van der Waals surface area contributed by atoms with E-state index in [0.717, 1.165) is 55.9 Å². The van der Waals surface area contributed by atoms with Crippen molar-refractivity contribution in [3.8, 4) is 0 Å². The Bertz CT molecular complexity index is 632. The number of nitrogens with zero attached hydrogens (tertiary/aromatic N) is 3. The first-order valence-corrected chi connectivity index (χ1v) is 9.07. The van der Waals surface area contributed by atoms with E-state index in [2.05, 4.69) is 29.0 Å². The Hall–Kier alpha value is -1.69. The van der Waals surface area contributed by atoms with Gasteiger partial charge in [-0.3, -0.25) is 4.79 Å². The highest BCUT2D eigenvalue weighted by Crippen LogP contribution is 2.31. The molecule has 3 rings (SSSR count). The first-order chi connectivity index (χ1) is 11.4. The highest BCUT2D eigenvalue weighted by molar-refractivity contribution is 5.96. The predicted octanol–water partition coefficient (Wildman–Crippen LogP) is 1.70. The maximum atomic E-state index is 12.3. The van der Waals surface area contributed by atoms with Gasteiger partial charge in [0.1, 0.15) is 17.3 Å². The summed E-state index contributed by atoms with van der Waals surface area (Å²) in [7, 11) is 0. The lowest BCUT2D eigenvalue weighted by Gasteiger charge is -2.40. The zero-order chi connectivity index (χ0) is 17.3. The fourth-order valence-electron chi connectivity index (χ4n) is 3.62. The average Bonchev–Trinajstić information content (AvgIpc) is 2.54. The minimum absolute atomic E-state index is 0.104. The molecule has 1 fully saturated rings. The molecule has 0 aromatic carbocycles. The Morgan fingerprint density at radius 3 is 2.88 bits per heavy atom. The summed E-state index contributed by atoms with van der Waals surface area (Å²) in [6, 6.07) is 0. The van der Waals surface area contributed by atoms with Crippen molar-refractivity contribution in [2.24, 2.45) is 5.92 Å². The van der Waals surface area contributed by atoms with Crippen LogP contribution in [0.1, 0.15) is 61.9 Å². The van der Waals surface area contributed by atoms with E-state index in [4.69, 9.17) is 4.98 Å². The molecule has 0 radical (unpaired) electrons. The van der Waals surface area contributed by atoms with E-state index in [9.17, 15) is 9.90 Å². The number of carbonyl (C=O) groups excluding carboxylic acids is 1. The molecular formula is C18H28N4O2. The van der Waals surface area contributed by atoms with E-state index in [-0.39, 0.29) is 5.91 Å². The van der Waals surface area contributed by atoms with Crippen LogP contribution in [0, 0.1) is 5.92 Å². The number of nitrogens with one attached hydrogen (secondary N) is 1. The normalized spacial score (nSPS) is 24.0. The van der Waals surface area contributed by atoms with E-state index < -0.39 is 5.60 Å². The molecule has 3 heterocycles. The molecular weight excluding hydrogens is 304 g/mol. The molecule has 1 atom stereocenters. The van der Waals surface area contributed by atoms with Gasteiger partial charge in [-0.2, -0.15) is 0 Å². The summed E-state index contributed by atoms with van der Waals surface area (Å²) in [5.41, 5.74) is 0.796. The zero-order valence-electron chi connectivity index (χ0n) is 14.9. The van der Waals surface area contributed by atoms with Crippen LogP contribution in [-0.4, -0.2) is 46.2 Å². The lowest BCUT2D eigenvalue weighted by molar-refractivity contribution is 0.0220. The van der Waals surface area contributed by atoms with Gasteiger partial charge >= 0.3 is 0 Å². The summed E-state index contributed by atoms with van der Waals surface area (Å²) in [5, 5.41) is 13.6. The van der Waals surface area contributed by atoms with Crippen LogP contribution in [0.25, 0.3) is 0 Å². The number of fused-ring (bicyclic) bond motifs is 1. The molecule has 1 amide bonds. The van der Waals surface area contributed by atoms with Crippen LogP contribution in [0.5, 0.6) is 0 Å². The van der Waals surface area contributed by atoms with Gasteiger partial charge in [-0.25, -0.2) is 9.97 Å². The number of carbonyl (C=O) groups is 1. The van der Waals surface area contributed by atoms with Gasteiger partial charge in [0.05, 0.1) is 5.60 Å². The average molecular weight is 332 g/mol. The minimum atomic E-state index is -0.661. The fourth-order valence-corrected chi connectivity index (χ4v) is 3.62. The van der Waals surface area contributed by atoms with Gasteiger partial charge in [0.15, 0.2) is 0 Å². The molecule has 2 aliphatic heterocycles. The third kappa shape index (κ3) is 3.38. The Balaban J connectivity index is 2.02. The third-order valence-electron chi connectivity index (χ3n) is 5.01. The Morgan fingerprint density at radius 1 is 1.38 bits per heavy atom. The number of rotatable bonds is 4. The van der Waals surface area contributed by atoms with Gasteiger partial charge in [0.2, 0.25) is 0 Å². The zero-order valence-corrected chi connectivity index (χ0v) is 14.9. The van der Waals surface area contributed by atoms with Crippen molar-refractivity contribution >= 4 is 11.7 Å². The Labute approximate surface area is 143 Å². The van der Waals surface area contributed by atoms with Crippen molar-refractivity contribution in [3.63, 3.8) is 0 Å². The molecule has 24 heavy (non-hydrogen) atoms. The summed E-state index contributed by atoms with van der Waals surface area (Å²) < 4.78 is 0. The molecule has 6 nitrogen and oxygen atoms in total. The second-order valence-corrected chi connectivity index (χ2v) is 7.50. The van der Waals surface area contributed by atoms with E-state index in [1.54, 1.807) is 0 Å². The van der Waals surface area contributed by atoms with Gasteiger partial charge in [-0.05, 0) is 31.6 Å². The van der Waals surface area contributed by atoms with Crippen molar-refractivity contribution in [3.05, 3.63) is 17.1 Å². The number of β-amino-alcohol motifs (C(OH)–C–C–N with tert-alkyl or cyclic N) is 1. The minimum Gasteiger partial charge on any atom is -0.388 e. The van der Waals surface area contributed by atoms with E-state index in [1.165, 1.54) is 0 Å². The monoisotopic (exact) mass is 332 g/mol. The van der Waals surface area contributed by atoms with Crippen LogP contribution in [0.4, 0.5) is 5.82 Å². The lowest BCUT2D eigenvalue weighted by Crippen LogP contribution is -2.49. The van der Waals surface area contributed by atoms with E-state index in [1.807, 2.05) is 6.92 Å². The molecule has 1 aromatic heterocycles. The van der Waals surface area contributed by atoms with Crippen molar-refractivity contribution in [2.75, 3.05) is 24.5 Å². The summed E-state index contributed by atoms with van der Waals surface area (Å²) in [6.45, 7) is 8.34. The van der Waals surface area contributed by atoms with Crippen molar-refractivity contribution in [1.29, 1.82) is 0 Å². The second-order valence-electron chi connectivity index (χ2n) is 7.50. The fraction of sp³-hybridized carbons (Fsp3) is 0.722. The van der Waals surface area contributed by atoms with E-state index in [0.29, 0.717) is 24.7 Å². The predicted molar refractivity (Wildman–Crippen MR) is 93.3 cm³/mol. The van der Waals surface area contributed by atoms with Crippen LogP contribution in [0.2, 0.25) is 0 Å². The van der Waals surface area contributed by atoms with Crippen LogP contribution in [0.15, 0.2) is 0 Å². The van der Waals surface area contributed by atoms with Crippen molar-refractivity contribution < 1.29 is 9.90 Å². The van der Waals surface area contributed by atoms with Gasteiger partial charge in [-0.15, -0.1) is 0 Å². The van der Waals surface area contributed by atoms with Crippen LogP contribution in [-0.2, 0) is 12.8 Å². The highest BCUT2D eigenvalue weighted by atomic mass is 16.3. The standard InChI is InChI=1S/C18H28N4O2/c1-4-18(24)7-5-9-22(11-18)16-13-6-8-19-17(23)15(13)20-14(21-16)10-12(2)3/h12,24H,4-11H2,1-3H3,(H,19,23). The number of aromatic nitrogens is 2. The number of aliphatic hydroxyl groups is 1. The van der Waals surface area contributed by atoms with E-state index >= 15 is 0 Å². The molecule has 6 heteroatoms.